The standard InChI is InChI=1S/C16H17ClN6O3/c1-21-6-8-22(9-7-21)16(24)11-2-4-12(5-3-11)20-15-13(23(25)26)14(17)18-10-19-15/h2-5,10H,6-9H2,1H3,(H,18,19,20). The minimum Gasteiger partial charge on any atom is -0.336 e. The number of likely N-dealkylation sites (N-methyl/N-ethyl adjacent to an activating group) is 1. The summed E-state index contributed by atoms with van der Waals surface area (Å²) < 4.78 is 0. The van der Waals surface area contributed by atoms with Crippen LogP contribution in [0.3, 0.4) is 0 Å². The van der Waals surface area contributed by atoms with Gasteiger partial charge in [0.15, 0.2) is 0 Å². The van der Waals surface area contributed by atoms with Gasteiger partial charge in [0.1, 0.15) is 6.33 Å². The summed E-state index contributed by atoms with van der Waals surface area (Å²) in [6, 6.07) is 6.70. The highest BCUT2D eigenvalue weighted by atomic mass is 35.5. The molecule has 1 N–H and O–H groups in total. The minimum absolute atomic E-state index is 0.00635. The van der Waals surface area contributed by atoms with Gasteiger partial charge in [-0.25, -0.2) is 9.97 Å². The molecule has 1 aliphatic heterocycles. The topological polar surface area (TPSA) is 104 Å². The van der Waals surface area contributed by atoms with Crippen molar-refractivity contribution < 1.29 is 9.72 Å². The number of halogens is 1. The molecule has 9 nitrogen and oxygen atoms in total. The molecule has 10 heteroatoms. The maximum absolute atomic E-state index is 12.5. The number of benzene rings is 1. The molecule has 0 atom stereocenters. The van der Waals surface area contributed by atoms with Gasteiger partial charge in [0.25, 0.3) is 5.91 Å². The minimum atomic E-state index is -0.643. The average molecular weight is 377 g/mol. The van der Waals surface area contributed by atoms with Gasteiger partial charge < -0.3 is 15.1 Å². The van der Waals surface area contributed by atoms with Crippen molar-refractivity contribution in [2.45, 2.75) is 0 Å². The largest absolute Gasteiger partial charge is 0.348 e. The van der Waals surface area contributed by atoms with Crippen LogP contribution in [0.2, 0.25) is 5.15 Å². The van der Waals surface area contributed by atoms with Gasteiger partial charge in [0.05, 0.1) is 4.92 Å². The molecule has 1 fully saturated rings. The predicted molar refractivity (Wildman–Crippen MR) is 96.8 cm³/mol. The normalized spacial score (nSPS) is 14.9. The first-order valence-electron chi connectivity index (χ1n) is 7.95. The highest BCUT2D eigenvalue weighted by molar-refractivity contribution is 6.31. The van der Waals surface area contributed by atoms with E-state index in [1.807, 2.05) is 11.9 Å². The van der Waals surface area contributed by atoms with E-state index in [4.69, 9.17) is 11.6 Å². The molecular formula is C16H17ClN6O3. The van der Waals surface area contributed by atoms with Crippen LogP contribution in [0, 0.1) is 10.1 Å². The van der Waals surface area contributed by atoms with E-state index in [2.05, 4.69) is 20.2 Å². The first-order valence-corrected chi connectivity index (χ1v) is 8.33. The third-order valence-corrected chi connectivity index (χ3v) is 4.42. The van der Waals surface area contributed by atoms with Gasteiger partial charge in [0, 0.05) is 37.4 Å². The van der Waals surface area contributed by atoms with Crippen LogP contribution in [0.1, 0.15) is 10.4 Å². The summed E-state index contributed by atoms with van der Waals surface area (Å²) in [5, 5.41) is 13.7. The highest BCUT2D eigenvalue weighted by Crippen LogP contribution is 2.30. The maximum Gasteiger partial charge on any atom is 0.348 e. The lowest BCUT2D eigenvalue weighted by atomic mass is 10.1. The second-order valence-corrected chi connectivity index (χ2v) is 6.27. The molecule has 1 aliphatic rings. The number of piperazine rings is 1. The number of anilines is 2. The summed E-state index contributed by atoms with van der Waals surface area (Å²) in [4.78, 5) is 34.5. The van der Waals surface area contributed by atoms with Crippen LogP contribution >= 0.6 is 11.6 Å². The number of aromatic nitrogens is 2. The monoisotopic (exact) mass is 376 g/mol. The fraction of sp³-hybridized carbons (Fsp3) is 0.312. The number of nitrogens with one attached hydrogen (secondary N) is 1. The number of amides is 1. The van der Waals surface area contributed by atoms with Crippen molar-refractivity contribution in [1.29, 1.82) is 0 Å². The Bertz CT molecular complexity index is 821. The molecule has 2 heterocycles. The van der Waals surface area contributed by atoms with E-state index < -0.39 is 10.6 Å². The highest BCUT2D eigenvalue weighted by Gasteiger charge is 2.22. The van der Waals surface area contributed by atoms with Crippen LogP contribution in [-0.2, 0) is 0 Å². The number of nitrogens with zero attached hydrogens (tertiary/aromatic N) is 5. The average Bonchev–Trinajstić information content (AvgIpc) is 2.62. The van der Waals surface area contributed by atoms with Gasteiger partial charge in [-0.15, -0.1) is 0 Å². The lowest BCUT2D eigenvalue weighted by Crippen LogP contribution is -2.47. The molecule has 0 saturated carbocycles. The lowest BCUT2D eigenvalue weighted by molar-refractivity contribution is -0.384. The Morgan fingerprint density at radius 3 is 2.46 bits per heavy atom. The summed E-state index contributed by atoms with van der Waals surface area (Å²) in [6.07, 6.45) is 1.14. The second kappa shape index (κ2) is 7.63. The van der Waals surface area contributed by atoms with Crippen LogP contribution in [0.15, 0.2) is 30.6 Å². The summed E-state index contributed by atoms with van der Waals surface area (Å²) in [5.41, 5.74) is 0.722. The van der Waals surface area contributed by atoms with E-state index >= 15 is 0 Å². The zero-order valence-corrected chi connectivity index (χ0v) is 14.8. The summed E-state index contributed by atoms with van der Waals surface area (Å²) in [7, 11) is 2.03. The molecule has 1 aromatic carbocycles. The van der Waals surface area contributed by atoms with E-state index in [1.54, 1.807) is 24.3 Å². The van der Waals surface area contributed by atoms with E-state index in [1.165, 1.54) is 0 Å². The van der Waals surface area contributed by atoms with Crippen molar-refractivity contribution in [1.82, 2.24) is 19.8 Å². The molecule has 2 aromatic rings. The van der Waals surface area contributed by atoms with Gasteiger partial charge in [-0.2, -0.15) is 0 Å². The molecular weight excluding hydrogens is 360 g/mol. The van der Waals surface area contributed by atoms with Crippen molar-refractivity contribution in [3.63, 3.8) is 0 Å². The van der Waals surface area contributed by atoms with E-state index in [0.717, 1.165) is 19.4 Å². The van der Waals surface area contributed by atoms with Gasteiger partial charge in [0.2, 0.25) is 11.0 Å². The van der Waals surface area contributed by atoms with Gasteiger partial charge in [-0.1, -0.05) is 11.6 Å². The third-order valence-electron chi connectivity index (χ3n) is 4.15. The van der Waals surface area contributed by atoms with Crippen molar-refractivity contribution in [2.75, 3.05) is 38.5 Å². The lowest BCUT2D eigenvalue weighted by Gasteiger charge is -2.32. The zero-order chi connectivity index (χ0) is 18.7. The maximum atomic E-state index is 12.5. The number of hydrogen-bond donors (Lipinski definition) is 1. The molecule has 0 bridgehead atoms. The SMILES string of the molecule is CN1CCN(C(=O)c2ccc(Nc3ncnc(Cl)c3[N+](=O)[O-])cc2)CC1. The predicted octanol–water partition coefficient (Wildman–Crippen LogP) is 2.17. The van der Waals surface area contributed by atoms with Crippen LogP contribution in [0.4, 0.5) is 17.2 Å². The summed E-state index contributed by atoms with van der Waals surface area (Å²) >= 11 is 5.77. The Labute approximate surface area is 154 Å². The first kappa shape index (κ1) is 18.0. The van der Waals surface area contributed by atoms with Crippen molar-refractivity contribution in [2.24, 2.45) is 0 Å². The van der Waals surface area contributed by atoms with Gasteiger partial charge >= 0.3 is 5.69 Å². The van der Waals surface area contributed by atoms with Crippen molar-refractivity contribution >= 4 is 34.7 Å². The Morgan fingerprint density at radius 2 is 1.85 bits per heavy atom. The van der Waals surface area contributed by atoms with Crippen molar-refractivity contribution in [3.05, 3.63) is 51.4 Å². The molecule has 3 rings (SSSR count). The fourth-order valence-electron chi connectivity index (χ4n) is 2.64. The Balaban J connectivity index is 1.74. The van der Waals surface area contributed by atoms with Crippen molar-refractivity contribution in [3.8, 4) is 0 Å². The fourth-order valence-corrected chi connectivity index (χ4v) is 2.84. The molecule has 0 spiro atoms. The third kappa shape index (κ3) is 3.89. The second-order valence-electron chi connectivity index (χ2n) is 5.92. The molecule has 0 unspecified atom stereocenters. The Kier molecular flexibility index (Phi) is 5.29. The van der Waals surface area contributed by atoms with Crippen LogP contribution in [-0.4, -0.2) is 63.8 Å². The molecule has 1 amide bonds. The summed E-state index contributed by atoms with van der Waals surface area (Å²) in [6.45, 7) is 3.09. The van der Waals surface area contributed by atoms with E-state index in [0.29, 0.717) is 24.3 Å². The van der Waals surface area contributed by atoms with Crippen LogP contribution in [0.25, 0.3) is 0 Å². The van der Waals surface area contributed by atoms with Gasteiger partial charge in [-0.05, 0) is 31.3 Å². The molecule has 0 aliphatic carbocycles. The van der Waals surface area contributed by atoms with E-state index in [-0.39, 0.29) is 16.9 Å². The number of carbonyl (C=O) groups excluding carboxylic acids is 1. The Morgan fingerprint density at radius 1 is 1.19 bits per heavy atom. The number of nitro groups is 1. The number of hydrogen-bond acceptors (Lipinski definition) is 7. The molecule has 1 saturated heterocycles. The quantitative estimate of drug-likeness (QED) is 0.495. The van der Waals surface area contributed by atoms with Gasteiger partial charge in [-0.3, -0.25) is 14.9 Å². The molecule has 136 valence electrons. The number of rotatable bonds is 4. The molecule has 0 radical (unpaired) electrons. The van der Waals surface area contributed by atoms with Crippen LogP contribution in [0.5, 0.6) is 0 Å². The number of carbonyl (C=O) groups is 1. The van der Waals surface area contributed by atoms with Crippen LogP contribution < -0.4 is 5.32 Å². The van der Waals surface area contributed by atoms with E-state index in [9.17, 15) is 14.9 Å². The zero-order valence-electron chi connectivity index (χ0n) is 14.1. The smallest absolute Gasteiger partial charge is 0.336 e. The molecule has 26 heavy (non-hydrogen) atoms. The first-order chi connectivity index (χ1) is 12.5. The Hall–Kier alpha value is -2.78. The summed E-state index contributed by atoms with van der Waals surface area (Å²) in [5.74, 6) is -0.0335. The molecule has 1 aromatic heterocycles.